The van der Waals surface area contributed by atoms with Crippen LogP contribution in [0.4, 0.5) is 15.8 Å². The Morgan fingerprint density at radius 3 is 1.51 bits per heavy atom. The molecule has 0 unspecified atom stereocenters. The monoisotopic (exact) mass is 1940 g/mol. The predicted molar refractivity (Wildman–Crippen MR) is 550 cm³/mol. The van der Waals surface area contributed by atoms with Crippen LogP contribution >= 0.6 is 15.9 Å². The van der Waals surface area contributed by atoms with Crippen LogP contribution in [0.25, 0.3) is 4.85 Å². The molecule has 0 aliphatic carbocycles. The van der Waals surface area contributed by atoms with Crippen LogP contribution in [0.15, 0.2) is 234 Å². The van der Waals surface area contributed by atoms with E-state index in [1.807, 2.05) is 136 Å². The van der Waals surface area contributed by atoms with Crippen molar-refractivity contribution in [3.8, 4) is 11.6 Å². The fraction of sp³-hybridized carbons (Fsp3) is 0.267. The van der Waals surface area contributed by atoms with Gasteiger partial charge in [0, 0.05) is 36.0 Å². The molecular formula is C101H107B10BrFN3O21S. The fourth-order valence-electron chi connectivity index (χ4n) is 18.1. The molecule has 0 fully saturated rings. The maximum atomic E-state index is 13.1. The van der Waals surface area contributed by atoms with Crippen molar-refractivity contribution in [3.05, 3.63) is 351 Å². The van der Waals surface area contributed by atoms with Crippen LogP contribution in [0, 0.1) is 29.4 Å². The Hall–Kier alpha value is -11.0. The molecule has 0 atom stereocenters. The number of Topliss-reactive ketones (excluding diaryl/α,β-unsaturated/α-hetero) is 2. The fourth-order valence-corrected chi connectivity index (χ4v) is 19.9. The molecule has 6 N–H and O–H groups in total. The van der Waals surface area contributed by atoms with Crippen LogP contribution in [0.2, 0.25) is 53.6 Å². The molecule has 138 heavy (non-hydrogen) atoms. The van der Waals surface area contributed by atoms with Gasteiger partial charge in [0.25, 0.3) is 0 Å². The quantitative estimate of drug-likeness (QED) is 0.0255. The van der Waals surface area contributed by atoms with Gasteiger partial charge >= 0.3 is 75.2 Å². The minimum atomic E-state index is -3.29. The topological polar surface area (TPSA) is 333 Å². The van der Waals surface area contributed by atoms with E-state index < -0.39 is 47.4 Å². The molecular weight excluding hydrogens is 1830 g/mol. The van der Waals surface area contributed by atoms with Crippen LogP contribution in [0.3, 0.4) is 0 Å². The van der Waals surface area contributed by atoms with Crippen molar-refractivity contribution in [2.24, 2.45) is 0 Å². The van der Waals surface area contributed by atoms with Gasteiger partial charge in [-0.15, -0.1) is 0 Å². The number of hydrogen-bond donors (Lipinski definition) is 6. The van der Waals surface area contributed by atoms with E-state index in [0.717, 1.165) is 113 Å². The number of carbonyl (C=O) groups excluding carboxylic acids is 2. The SMILES string of the molecule is C.CB1OCc2cc3c(cc21)COB3O.CB1OCc2ccc(CC(=O)Cc3ccccc3)cc21.CB1OCc2ccc(CC(C)=O)cc21.CB1OCc2ccc(CS(=O)(=O)c3ccccc3)cc21.CB1OCc2cccc(C)c21.CB1OCc2cccc(CO)c21.O=[N+]([O-])c1cc2c(cc1F)CCB2O.OCc1cc2c(cc1Br)COB2O.[C-]#[N+]c1ccc(Oc2ccc3c(c2)CCB3O)nc1. The number of sulfone groups is 1. The van der Waals surface area contributed by atoms with Crippen LogP contribution in [-0.4, -0.2) is 130 Å². The molecule has 0 saturated heterocycles. The molecule has 10 aliphatic heterocycles. The Bertz CT molecular complexity index is 6490. The largest absolute Gasteiger partial charge is 0.491 e. The summed E-state index contributed by atoms with van der Waals surface area (Å²) in [6.45, 7) is 28.0. The number of rotatable bonds is 14. The van der Waals surface area contributed by atoms with Gasteiger partial charge in [-0.05, 0) is 232 Å². The van der Waals surface area contributed by atoms with E-state index in [4.69, 9.17) is 58.8 Å². The highest BCUT2D eigenvalue weighted by Crippen LogP contribution is 2.29. The van der Waals surface area contributed by atoms with E-state index in [1.165, 1.54) is 66.9 Å². The van der Waals surface area contributed by atoms with Gasteiger partial charge < -0.3 is 72.3 Å². The number of nitrogens with zero attached hydrogens (tertiary/aromatic N) is 3. The first-order chi connectivity index (χ1) is 65.9. The summed E-state index contributed by atoms with van der Waals surface area (Å²) in [5.74, 6) is 0.820. The van der Waals surface area contributed by atoms with Gasteiger partial charge in [0.15, 0.2) is 9.84 Å². The zero-order chi connectivity index (χ0) is 97.3. The van der Waals surface area contributed by atoms with Crippen molar-refractivity contribution in [2.45, 2.75) is 184 Å². The highest BCUT2D eigenvalue weighted by atomic mass is 79.9. The lowest BCUT2D eigenvalue weighted by Gasteiger charge is -2.07. The second-order valence-corrected chi connectivity index (χ2v) is 38.0. The number of ketones is 2. The molecule has 24 nitrogen and oxygen atoms in total. The van der Waals surface area contributed by atoms with E-state index >= 15 is 0 Å². The van der Waals surface area contributed by atoms with Crippen molar-refractivity contribution in [1.82, 2.24) is 4.98 Å². The van der Waals surface area contributed by atoms with E-state index in [0.29, 0.717) is 118 Å². The molecule has 11 aromatic carbocycles. The summed E-state index contributed by atoms with van der Waals surface area (Å²) in [5, 5.41) is 66.5. The number of benzene rings is 11. The molecule has 0 saturated carbocycles. The number of nitro benzene ring substituents is 1. The highest BCUT2D eigenvalue weighted by Gasteiger charge is 2.36. The van der Waals surface area contributed by atoms with E-state index in [9.17, 15) is 52.6 Å². The number of pyridine rings is 1. The molecule has 1 aromatic heterocycles. The number of fused-ring (bicyclic) bond motifs is 10. The van der Waals surface area contributed by atoms with Crippen molar-refractivity contribution in [3.63, 3.8) is 0 Å². The third-order valence-corrected chi connectivity index (χ3v) is 27.9. The Labute approximate surface area is 818 Å². The second kappa shape index (κ2) is 48.3. The first kappa shape index (κ1) is 104. The maximum Gasteiger partial charge on any atom is 0.491 e. The van der Waals surface area contributed by atoms with Gasteiger partial charge in [-0.25, -0.2) is 18.2 Å². The molecule has 0 spiro atoms. The first-order valence-electron chi connectivity index (χ1n) is 45.7. The van der Waals surface area contributed by atoms with Crippen molar-refractivity contribution < 1.29 is 99.6 Å². The molecule has 0 bridgehead atoms. The summed E-state index contributed by atoms with van der Waals surface area (Å²) in [6.07, 6.45) is 5.74. The number of hydrogen-bond acceptors (Lipinski definition) is 22. The third-order valence-electron chi connectivity index (χ3n) is 25.4. The number of ether oxygens (including phenoxy) is 1. The van der Waals surface area contributed by atoms with Gasteiger partial charge in [-0.2, -0.15) is 4.39 Å². The summed E-state index contributed by atoms with van der Waals surface area (Å²) in [5.41, 5.74) is 28.9. The van der Waals surface area contributed by atoms with Crippen molar-refractivity contribution in [1.29, 1.82) is 0 Å². The van der Waals surface area contributed by atoms with Gasteiger partial charge in [-0.3, -0.25) is 19.7 Å². The second-order valence-electron chi connectivity index (χ2n) is 35.1. The molecule has 11 heterocycles. The summed E-state index contributed by atoms with van der Waals surface area (Å²) >= 11 is 3.33. The smallest absolute Gasteiger partial charge is 0.446 e. The number of nitro groups is 1. The maximum absolute atomic E-state index is 13.1. The molecule has 0 amide bonds. The normalized spacial score (nSPS) is 14.5. The Balaban J connectivity index is 0.000000132. The summed E-state index contributed by atoms with van der Waals surface area (Å²) in [4.78, 5) is 40.4. The lowest BCUT2D eigenvalue weighted by molar-refractivity contribution is -0.387. The van der Waals surface area contributed by atoms with E-state index in [2.05, 4.69) is 101 Å². The summed E-state index contributed by atoms with van der Waals surface area (Å²) < 4.78 is 87.6. The van der Waals surface area contributed by atoms with Crippen LogP contribution in [0.1, 0.15) is 109 Å². The zero-order valence-electron chi connectivity index (χ0n) is 77.7. The minimum Gasteiger partial charge on any atom is -0.446 e. The Morgan fingerprint density at radius 1 is 0.478 bits per heavy atom. The van der Waals surface area contributed by atoms with Gasteiger partial charge in [-0.1, -0.05) is 234 Å². The van der Waals surface area contributed by atoms with Crippen LogP contribution in [-0.2, 0) is 161 Å². The van der Waals surface area contributed by atoms with Crippen LogP contribution < -0.4 is 59.4 Å². The number of carbonyl (C=O) groups is 2. The number of aliphatic hydroxyl groups is 2. The van der Waals surface area contributed by atoms with Crippen molar-refractivity contribution >= 4 is 173 Å². The Kier molecular flexibility index (Phi) is 36.5. The average molecular weight is 1940 g/mol. The molecule has 37 heteroatoms. The molecule has 22 rings (SSSR count). The Morgan fingerprint density at radius 2 is 0.949 bits per heavy atom. The van der Waals surface area contributed by atoms with Gasteiger partial charge in [0.1, 0.15) is 17.3 Å². The highest BCUT2D eigenvalue weighted by molar-refractivity contribution is 9.10. The molecule has 12 aromatic rings. The summed E-state index contributed by atoms with van der Waals surface area (Å²) in [6, 6.07) is 68.1. The van der Waals surface area contributed by atoms with E-state index in [-0.39, 0.29) is 79.5 Å². The van der Waals surface area contributed by atoms with Crippen LogP contribution in [0.5, 0.6) is 11.6 Å². The number of halogens is 2. The number of aryl methyl sites for hydroxylation is 3. The number of aliphatic hydroxyl groups excluding tert-OH is 2. The predicted octanol–water partition coefficient (Wildman–Crippen LogP) is 10.2. The minimum absolute atomic E-state index is 0. The van der Waals surface area contributed by atoms with E-state index in [1.54, 1.807) is 49.4 Å². The van der Waals surface area contributed by atoms with Gasteiger partial charge in [0.2, 0.25) is 17.4 Å². The lowest BCUT2D eigenvalue weighted by Crippen LogP contribution is -2.32. The first-order valence-corrected chi connectivity index (χ1v) is 48.2. The summed E-state index contributed by atoms with van der Waals surface area (Å²) in [7, 11) is -4.87. The number of aromatic nitrogens is 1. The zero-order valence-corrected chi connectivity index (χ0v) is 80.1. The molecule has 702 valence electrons. The van der Waals surface area contributed by atoms with Gasteiger partial charge in [0.05, 0.1) is 88.2 Å². The standard InChI is InChI=1S/C17H17BO2.C15H15BO3S.C14H11BN2O2.C11H13BO2.C9H10B2O3.C9H11BO2.C9H11BO.C8H8BBrO3.C8H7BFNO3.CH4/c1-18-17-11-14(7-8-15(17)12-20-18)10-16(19)9-13-5-3-2-4-6-13;1-16-15-9-12(7-8-13(15)10-19-16)11-20(17,18)14-5-3-2-4-6-14;1-16-11-2-5-14(17-9-11)19-12-3-4-13-10(8-12)6-7-15(13)18;1-8(13)5-9-3-4-10-7-14-12(2)11(10)6-9;1-10-8-2-7-5-14-11(12)9(7)3-6(8)4-13-10;1-10-9-7(5-11)3-2-4-8(9)6-12-10;1-7-4-3-5-8-6-11-10(2)9(7)8;10-8-2-6-4-13-9(12)7(6)1-5(8)3-11;10-7-3-5-1-2-9(12)6(5)4-8(7)11(13)14;/h2-8,11H,9-10,12H2,1H3;2-9H,10-11H2,1H3;2-5,8-9,18H,6-7H2;3-4,6H,5,7H2,1-2H3;2-3,12H,4-5H2,1H3;2-4,11H,5-6H2,1H3;3-5H,6H2,1-2H3;1-2,11-12H,3-4H2;3-4,12H,1-2H2;1H4. The third kappa shape index (κ3) is 26.4. The molecule has 10 aliphatic rings. The van der Waals surface area contributed by atoms with Crippen molar-refractivity contribution in [2.75, 3.05) is 0 Å². The molecule has 0 radical (unpaired) electrons. The average Bonchev–Trinajstić information content (AvgIpc) is 1.62. The lowest BCUT2D eigenvalue weighted by atomic mass is 9.62.